The molecule has 0 saturated heterocycles. The van der Waals surface area contributed by atoms with E-state index >= 15 is 0 Å². The van der Waals surface area contributed by atoms with E-state index in [2.05, 4.69) is 0 Å². The van der Waals surface area contributed by atoms with E-state index in [1.165, 1.54) is 0 Å². The number of aryl methyl sites for hydroxylation is 1. The molecule has 0 heterocycles. The maximum atomic E-state index is 9.96. The molecule has 2 nitrogen and oxygen atoms in total. The SMILES string of the molecule is Cc1ccc(C[C]=O)cc1O. The molecule has 11 heavy (non-hydrogen) atoms. The molecule has 0 unspecified atom stereocenters. The fourth-order valence-corrected chi connectivity index (χ4v) is 0.848. The van der Waals surface area contributed by atoms with E-state index in [1.54, 1.807) is 24.5 Å². The molecule has 0 amide bonds. The van der Waals surface area contributed by atoms with Gasteiger partial charge in [-0.15, -0.1) is 0 Å². The molecule has 1 aromatic rings. The smallest absolute Gasteiger partial charge is 0.203 e. The van der Waals surface area contributed by atoms with E-state index in [9.17, 15) is 9.90 Å². The van der Waals surface area contributed by atoms with Crippen molar-refractivity contribution in [1.82, 2.24) is 0 Å². The summed E-state index contributed by atoms with van der Waals surface area (Å²) in [6.07, 6.45) is 2.01. The van der Waals surface area contributed by atoms with Crippen molar-refractivity contribution in [2.45, 2.75) is 13.3 Å². The molecule has 0 aromatic heterocycles. The quantitative estimate of drug-likeness (QED) is 0.689. The van der Waals surface area contributed by atoms with Crippen LogP contribution in [0.5, 0.6) is 5.75 Å². The molecule has 0 saturated carbocycles. The Morgan fingerprint density at radius 2 is 2.27 bits per heavy atom. The number of aromatic hydroxyl groups is 1. The standard InChI is InChI=1S/C9H9O2/c1-7-2-3-8(4-5-10)6-9(7)11/h2-3,6,11H,4H2,1H3. The summed E-state index contributed by atoms with van der Waals surface area (Å²) in [6, 6.07) is 5.17. The van der Waals surface area contributed by atoms with Crippen molar-refractivity contribution in [3.8, 4) is 5.75 Å². The second kappa shape index (κ2) is 3.19. The Hall–Kier alpha value is -1.31. The van der Waals surface area contributed by atoms with E-state index in [1.807, 2.05) is 6.92 Å². The number of hydrogen-bond donors (Lipinski definition) is 1. The van der Waals surface area contributed by atoms with Gasteiger partial charge in [-0.25, -0.2) is 0 Å². The van der Waals surface area contributed by atoms with Crippen LogP contribution in [-0.2, 0) is 11.2 Å². The highest BCUT2D eigenvalue weighted by Crippen LogP contribution is 2.16. The second-order valence-corrected chi connectivity index (χ2v) is 2.44. The topological polar surface area (TPSA) is 37.3 Å². The third-order valence-electron chi connectivity index (χ3n) is 1.55. The van der Waals surface area contributed by atoms with Crippen LogP contribution in [0, 0.1) is 6.92 Å². The van der Waals surface area contributed by atoms with Crippen LogP contribution in [0.4, 0.5) is 0 Å². The van der Waals surface area contributed by atoms with Gasteiger partial charge < -0.3 is 5.11 Å². The fourth-order valence-electron chi connectivity index (χ4n) is 0.848. The zero-order valence-corrected chi connectivity index (χ0v) is 6.29. The minimum atomic E-state index is 0.234. The lowest BCUT2D eigenvalue weighted by molar-refractivity contribution is 0.470. The Balaban J connectivity index is 2.95. The van der Waals surface area contributed by atoms with Gasteiger partial charge in [0.1, 0.15) is 5.75 Å². The molecule has 2 heteroatoms. The normalized spacial score (nSPS) is 9.55. The predicted octanol–water partition coefficient (Wildman–Crippen LogP) is 1.35. The zero-order valence-electron chi connectivity index (χ0n) is 6.29. The first-order valence-electron chi connectivity index (χ1n) is 3.37. The Bertz CT molecular complexity index is 266. The molecule has 0 aliphatic carbocycles. The summed E-state index contributed by atoms with van der Waals surface area (Å²) in [5.74, 6) is 0.234. The third-order valence-corrected chi connectivity index (χ3v) is 1.55. The second-order valence-electron chi connectivity index (χ2n) is 2.44. The summed E-state index contributed by atoms with van der Waals surface area (Å²) in [7, 11) is 0. The molecular weight excluding hydrogens is 140 g/mol. The molecule has 0 spiro atoms. The summed E-state index contributed by atoms with van der Waals surface area (Å²) in [5, 5.41) is 9.20. The lowest BCUT2D eigenvalue weighted by Gasteiger charge is -1.99. The van der Waals surface area contributed by atoms with Crippen LogP contribution in [-0.4, -0.2) is 11.4 Å². The summed E-state index contributed by atoms with van der Waals surface area (Å²) in [6.45, 7) is 1.81. The van der Waals surface area contributed by atoms with Crippen molar-refractivity contribution in [2.75, 3.05) is 0 Å². The molecule has 1 N–H and O–H groups in total. The molecule has 1 aromatic carbocycles. The van der Waals surface area contributed by atoms with Crippen LogP contribution in [0.3, 0.4) is 0 Å². The van der Waals surface area contributed by atoms with E-state index in [0.717, 1.165) is 11.1 Å². The molecule has 1 radical (unpaired) electrons. The van der Waals surface area contributed by atoms with Crippen LogP contribution in [0.2, 0.25) is 0 Å². The van der Waals surface area contributed by atoms with Crippen molar-refractivity contribution < 1.29 is 9.90 Å². The average Bonchev–Trinajstić information content (AvgIpc) is 1.98. The van der Waals surface area contributed by atoms with Gasteiger partial charge in [-0.05, 0) is 24.1 Å². The zero-order chi connectivity index (χ0) is 8.27. The number of carbonyl (C=O) groups excluding carboxylic acids is 1. The molecule has 0 atom stereocenters. The van der Waals surface area contributed by atoms with Crippen LogP contribution in [0.1, 0.15) is 11.1 Å². The van der Waals surface area contributed by atoms with Crippen LogP contribution < -0.4 is 0 Å². The largest absolute Gasteiger partial charge is 0.508 e. The Labute approximate surface area is 65.5 Å². The van der Waals surface area contributed by atoms with Crippen LogP contribution >= 0.6 is 0 Å². The minimum absolute atomic E-state index is 0.234. The molecular formula is C9H9O2. The highest BCUT2D eigenvalue weighted by molar-refractivity contribution is 5.56. The summed E-state index contributed by atoms with van der Waals surface area (Å²) in [4.78, 5) is 9.96. The summed E-state index contributed by atoms with van der Waals surface area (Å²) < 4.78 is 0. The van der Waals surface area contributed by atoms with Crippen LogP contribution in [0.25, 0.3) is 0 Å². The Morgan fingerprint density at radius 1 is 1.55 bits per heavy atom. The van der Waals surface area contributed by atoms with Gasteiger partial charge in [0.2, 0.25) is 6.29 Å². The van der Waals surface area contributed by atoms with Crippen molar-refractivity contribution in [3.63, 3.8) is 0 Å². The first kappa shape index (κ1) is 7.79. The summed E-state index contributed by atoms with van der Waals surface area (Å²) in [5.41, 5.74) is 1.61. The van der Waals surface area contributed by atoms with Crippen LogP contribution in [0.15, 0.2) is 18.2 Å². The maximum Gasteiger partial charge on any atom is 0.203 e. The van der Waals surface area contributed by atoms with Gasteiger partial charge in [0, 0.05) is 6.42 Å². The fraction of sp³-hybridized carbons (Fsp3) is 0.222. The lowest BCUT2D eigenvalue weighted by Crippen LogP contribution is -1.85. The number of benzene rings is 1. The summed E-state index contributed by atoms with van der Waals surface area (Å²) >= 11 is 0. The van der Waals surface area contributed by atoms with Crippen molar-refractivity contribution in [3.05, 3.63) is 29.3 Å². The number of rotatable bonds is 2. The van der Waals surface area contributed by atoms with E-state index in [4.69, 9.17) is 0 Å². The maximum absolute atomic E-state index is 9.96. The Morgan fingerprint density at radius 3 is 2.82 bits per heavy atom. The molecule has 0 fully saturated rings. The first-order chi connectivity index (χ1) is 5.24. The van der Waals surface area contributed by atoms with Gasteiger partial charge in [0.05, 0.1) is 0 Å². The number of phenols is 1. The van der Waals surface area contributed by atoms with Gasteiger partial charge in [0.15, 0.2) is 0 Å². The third kappa shape index (κ3) is 1.80. The average molecular weight is 149 g/mol. The van der Waals surface area contributed by atoms with E-state index in [-0.39, 0.29) is 12.2 Å². The molecule has 1 rings (SSSR count). The minimum Gasteiger partial charge on any atom is -0.508 e. The molecule has 57 valence electrons. The molecule has 0 aliphatic heterocycles. The predicted molar refractivity (Wildman–Crippen MR) is 42.2 cm³/mol. The number of phenolic OH excluding ortho intramolecular Hbond substituents is 1. The molecule has 0 aliphatic rings. The van der Waals surface area contributed by atoms with E-state index < -0.39 is 0 Å². The van der Waals surface area contributed by atoms with E-state index in [0.29, 0.717) is 0 Å². The van der Waals surface area contributed by atoms with Gasteiger partial charge in [0.25, 0.3) is 0 Å². The molecule has 0 bridgehead atoms. The number of hydrogen-bond acceptors (Lipinski definition) is 2. The van der Waals surface area contributed by atoms with Crippen molar-refractivity contribution >= 4 is 6.29 Å². The van der Waals surface area contributed by atoms with Gasteiger partial charge >= 0.3 is 0 Å². The monoisotopic (exact) mass is 149 g/mol. The highest BCUT2D eigenvalue weighted by Gasteiger charge is 1.96. The Kier molecular flexibility index (Phi) is 2.26. The highest BCUT2D eigenvalue weighted by atomic mass is 16.3. The van der Waals surface area contributed by atoms with Gasteiger partial charge in [-0.1, -0.05) is 12.1 Å². The van der Waals surface area contributed by atoms with Gasteiger partial charge in [-0.3, -0.25) is 4.79 Å². The van der Waals surface area contributed by atoms with Crippen molar-refractivity contribution in [1.29, 1.82) is 0 Å². The lowest BCUT2D eigenvalue weighted by atomic mass is 10.1. The first-order valence-corrected chi connectivity index (χ1v) is 3.37. The van der Waals surface area contributed by atoms with Gasteiger partial charge in [-0.2, -0.15) is 0 Å². The van der Waals surface area contributed by atoms with Crippen molar-refractivity contribution in [2.24, 2.45) is 0 Å².